The number of nitrogens with zero attached hydrogens (tertiary/aromatic N) is 2. The molecule has 0 aliphatic rings. The van der Waals surface area contributed by atoms with Crippen LogP contribution in [0.15, 0.2) is 60.9 Å². The summed E-state index contributed by atoms with van der Waals surface area (Å²) in [5, 5.41) is 6.90. The van der Waals surface area contributed by atoms with Crippen molar-refractivity contribution in [2.24, 2.45) is 0 Å². The predicted molar refractivity (Wildman–Crippen MR) is 94.4 cm³/mol. The Morgan fingerprint density at radius 2 is 1.96 bits per heavy atom. The minimum absolute atomic E-state index is 0.0585. The number of carbonyl (C=O) groups is 1. The second-order valence-corrected chi connectivity index (χ2v) is 5.54. The molecule has 0 fully saturated rings. The molecule has 1 aromatic heterocycles. The lowest BCUT2D eigenvalue weighted by Crippen LogP contribution is -2.22. The van der Waals surface area contributed by atoms with Gasteiger partial charge in [-0.2, -0.15) is 13.9 Å². The lowest BCUT2D eigenvalue weighted by molar-refractivity contribution is -0.0512. The largest absolute Gasteiger partial charge is 0.493 e. The highest BCUT2D eigenvalue weighted by Gasteiger charge is 2.12. The second-order valence-electron chi connectivity index (χ2n) is 5.54. The molecule has 0 unspecified atom stereocenters. The zero-order chi connectivity index (χ0) is 19.2. The van der Waals surface area contributed by atoms with E-state index < -0.39 is 6.61 Å². The van der Waals surface area contributed by atoms with Crippen LogP contribution in [0, 0.1) is 0 Å². The standard InChI is InChI=1S/C19H17F2N3O3/c1-26-17-11-13(3-8-16(17)27-19(20)21)12-22-18(25)14-4-6-15(7-5-14)24-10-2-9-23-24/h2-11,19H,12H2,1H3,(H,22,25). The molecule has 27 heavy (non-hydrogen) atoms. The summed E-state index contributed by atoms with van der Waals surface area (Å²) in [5.41, 5.74) is 2.03. The molecule has 0 saturated heterocycles. The van der Waals surface area contributed by atoms with Gasteiger partial charge in [-0.15, -0.1) is 0 Å². The molecule has 3 aromatic rings. The minimum atomic E-state index is -2.94. The fourth-order valence-corrected chi connectivity index (χ4v) is 2.49. The predicted octanol–water partition coefficient (Wildman–Crippen LogP) is 3.41. The van der Waals surface area contributed by atoms with Crippen molar-refractivity contribution in [3.63, 3.8) is 0 Å². The first kappa shape index (κ1) is 18.4. The molecule has 1 heterocycles. The molecule has 0 aliphatic heterocycles. The summed E-state index contributed by atoms with van der Waals surface area (Å²) in [5.74, 6) is -0.142. The van der Waals surface area contributed by atoms with Crippen LogP contribution in [0.2, 0.25) is 0 Å². The van der Waals surface area contributed by atoms with Crippen molar-refractivity contribution in [1.82, 2.24) is 15.1 Å². The number of alkyl halides is 2. The highest BCUT2D eigenvalue weighted by Crippen LogP contribution is 2.29. The fraction of sp³-hybridized carbons (Fsp3) is 0.158. The lowest BCUT2D eigenvalue weighted by atomic mass is 10.1. The maximum absolute atomic E-state index is 12.4. The summed E-state index contributed by atoms with van der Waals surface area (Å²) in [6.07, 6.45) is 3.48. The number of rotatable bonds is 7. The van der Waals surface area contributed by atoms with Crippen molar-refractivity contribution in [3.05, 3.63) is 72.1 Å². The first-order chi connectivity index (χ1) is 13.1. The summed E-state index contributed by atoms with van der Waals surface area (Å²) in [7, 11) is 1.36. The summed E-state index contributed by atoms with van der Waals surface area (Å²) in [6, 6.07) is 13.3. The Balaban J connectivity index is 1.63. The van der Waals surface area contributed by atoms with Crippen LogP contribution in [0.25, 0.3) is 5.69 Å². The second kappa shape index (κ2) is 8.31. The quantitative estimate of drug-likeness (QED) is 0.689. The smallest absolute Gasteiger partial charge is 0.387 e. The van der Waals surface area contributed by atoms with Gasteiger partial charge in [-0.1, -0.05) is 6.07 Å². The van der Waals surface area contributed by atoms with Gasteiger partial charge in [0, 0.05) is 24.5 Å². The topological polar surface area (TPSA) is 65.4 Å². The van der Waals surface area contributed by atoms with Gasteiger partial charge in [-0.25, -0.2) is 4.68 Å². The fourth-order valence-electron chi connectivity index (χ4n) is 2.49. The van der Waals surface area contributed by atoms with Crippen LogP contribution in [-0.4, -0.2) is 29.4 Å². The van der Waals surface area contributed by atoms with Crippen LogP contribution in [0.4, 0.5) is 8.78 Å². The number of benzene rings is 2. The number of hydrogen-bond acceptors (Lipinski definition) is 4. The summed E-state index contributed by atoms with van der Waals surface area (Å²) in [6.45, 7) is -2.72. The first-order valence-electron chi connectivity index (χ1n) is 8.07. The molecule has 0 atom stereocenters. The van der Waals surface area contributed by atoms with Gasteiger partial charge < -0.3 is 14.8 Å². The van der Waals surface area contributed by atoms with Gasteiger partial charge >= 0.3 is 6.61 Å². The molecular formula is C19H17F2N3O3. The minimum Gasteiger partial charge on any atom is -0.493 e. The van der Waals surface area contributed by atoms with Gasteiger partial charge in [0.25, 0.3) is 5.91 Å². The first-order valence-corrected chi connectivity index (χ1v) is 8.07. The third kappa shape index (κ3) is 4.60. The Morgan fingerprint density at radius 1 is 1.19 bits per heavy atom. The van der Waals surface area contributed by atoms with E-state index in [0.717, 1.165) is 5.69 Å². The molecule has 0 spiro atoms. The van der Waals surface area contributed by atoms with Gasteiger partial charge in [0.2, 0.25) is 0 Å². The molecule has 0 radical (unpaired) electrons. The summed E-state index contributed by atoms with van der Waals surface area (Å²) in [4.78, 5) is 12.3. The van der Waals surface area contributed by atoms with Crippen molar-refractivity contribution in [1.29, 1.82) is 0 Å². The van der Waals surface area contributed by atoms with E-state index in [1.54, 1.807) is 47.3 Å². The number of amides is 1. The Labute approximate surface area is 154 Å². The highest BCUT2D eigenvalue weighted by molar-refractivity contribution is 5.94. The van der Waals surface area contributed by atoms with Crippen LogP contribution in [0.3, 0.4) is 0 Å². The molecule has 140 valence electrons. The SMILES string of the molecule is COc1cc(CNC(=O)c2ccc(-n3cccn3)cc2)ccc1OC(F)F. The number of aromatic nitrogens is 2. The summed E-state index contributed by atoms with van der Waals surface area (Å²) < 4.78 is 35.8. The van der Waals surface area contributed by atoms with Crippen LogP contribution in [0.5, 0.6) is 11.5 Å². The number of methoxy groups -OCH3 is 1. The summed E-state index contributed by atoms with van der Waals surface area (Å²) >= 11 is 0. The van der Waals surface area contributed by atoms with Crippen molar-refractivity contribution in [2.45, 2.75) is 13.2 Å². The van der Waals surface area contributed by atoms with E-state index in [1.165, 1.54) is 13.2 Å². The van der Waals surface area contributed by atoms with Crippen molar-refractivity contribution in [2.75, 3.05) is 7.11 Å². The monoisotopic (exact) mass is 373 g/mol. The van der Waals surface area contributed by atoms with E-state index in [4.69, 9.17) is 4.74 Å². The van der Waals surface area contributed by atoms with Crippen LogP contribution >= 0.6 is 0 Å². The molecule has 0 saturated carbocycles. The van der Waals surface area contributed by atoms with Gasteiger partial charge in [-0.3, -0.25) is 4.79 Å². The molecule has 8 heteroatoms. The van der Waals surface area contributed by atoms with E-state index in [9.17, 15) is 13.6 Å². The molecule has 0 aliphatic carbocycles. The maximum Gasteiger partial charge on any atom is 0.387 e. The van der Waals surface area contributed by atoms with Gasteiger partial charge in [0.15, 0.2) is 11.5 Å². The Kier molecular flexibility index (Phi) is 5.65. The number of ether oxygens (including phenoxy) is 2. The lowest BCUT2D eigenvalue weighted by Gasteiger charge is -2.12. The van der Waals surface area contributed by atoms with Gasteiger partial charge in [0.1, 0.15) is 0 Å². The van der Waals surface area contributed by atoms with Crippen molar-refractivity contribution in [3.8, 4) is 17.2 Å². The highest BCUT2D eigenvalue weighted by atomic mass is 19.3. The van der Waals surface area contributed by atoms with Crippen LogP contribution < -0.4 is 14.8 Å². The van der Waals surface area contributed by atoms with E-state index in [2.05, 4.69) is 15.2 Å². The molecule has 1 amide bonds. The molecular weight excluding hydrogens is 356 g/mol. The van der Waals surface area contributed by atoms with E-state index >= 15 is 0 Å². The molecule has 2 aromatic carbocycles. The van der Waals surface area contributed by atoms with Gasteiger partial charge in [-0.05, 0) is 48.0 Å². The third-order valence-corrected chi connectivity index (χ3v) is 3.80. The molecule has 3 rings (SSSR count). The molecule has 6 nitrogen and oxygen atoms in total. The number of carbonyl (C=O) groups excluding carboxylic acids is 1. The van der Waals surface area contributed by atoms with E-state index in [-0.39, 0.29) is 24.0 Å². The number of halogens is 2. The maximum atomic E-state index is 12.4. The number of nitrogens with one attached hydrogen (secondary N) is 1. The third-order valence-electron chi connectivity index (χ3n) is 3.80. The normalized spacial score (nSPS) is 10.7. The van der Waals surface area contributed by atoms with Crippen LogP contribution in [-0.2, 0) is 6.54 Å². The van der Waals surface area contributed by atoms with E-state index in [0.29, 0.717) is 11.1 Å². The van der Waals surface area contributed by atoms with Crippen LogP contribution in [0.1, 0.15) is 15.9 Å². The average Bonchev–Trinajstić information content (AvgIpc) is 3.21. The van der Waals surface area contributed by atoms with Crippen molar-refractivity contribution < 1.29 is 23.0 Å². The average molecular weight is 373 g/mol. The Morgan fingerprint density at radius 3 is 2.59 bits per heavy atom. The molecule has 1 N–H and O–H groups in total. The zero-order valence-electron chi connectivity index (χ0n) is 14.4. The van der Waals surface area contributed by atoms with Gasteiger partial charge in [0.05, 0.1) is 12.8 Å². The Hall–Kier alpha value is -3.42. The van der Waals surface area contributed by atoms with Crippen molar-refractivity contribution >= 4 is 5.91 Å². The zero-order valence-corrected chi connectivity index (χ0v) is 14.4. The van der Waals surface area contributed by atoms with E-state index in [1.807, 2.05) is 12.3 Å². The molecule has 0 bridgehead atoms. The number of hydrogen-bond donors (Lipinski definition) is 1. The Bertz CT molecular complexity index is 897.